The number of anilines is 1. The van der Waals surface area contributed by atoms with Crippen LogP contribution in [0.1, 0.15) is 107 Å². The number of benzene rings is 2. The number of carbonyl (C=O) groups is 2. The minimum absolute atomic E-state index is 0.0100. The van der Waals surface area contributed by atoms with Crippen LogP contribution >= 0.6 is 0 Å². The van der Waals surface area contributed by atoms with Crippen molar-refractivity contribution in [1.29, 1.82) is 0 Å². The van der Waals surface area contributed by atoms with Crippen molar-refractivity contribution in [2.45, 2.75) is 96.8 Å². The second kappa shape index (κ2) is 13.2. The molecule has 0 aromatic heterocycles. The summed E-state index contributed by atoms with van der Waals surface area (Å²) < 4.78 is 5.43. The van der Waals surface area contributed by atoms with Gasteiger partial charge in [0.1, 0.15) is 0 Å². The number of ether oxygens (including phenoxy) is 1. The van der Waals surface area contributed by atoms with E-state index in [2.05, 4.69) is 6.92 Å². The molecule has 1 aliphatic heterocycles. The van der Waals surface area contributed by atoms with Crippen LogP contribution in [0.4, 0.5) is 5.69 Å². The zero-order valence-electron chi connectivity index (χ0n) is 19.7. The van der Waals surface area contributed by atoms with Gasteiger partial charge in [0, 0.05) is 17.4 Å². The predicted octanol–water partition coefficient (Wildman–Crippen LogP) is 7.78. The van der Waals surface area contributed by atoms with Crippen LogP contribution in [-0.2, 0) is 9.53 Å². The lowest BCUT2D eigenvalue weighted by Gasteiger charge is -2.17. The summed E-state index contributed by atoms with van der Waals surface area (Å²) in [6, 6.07) is 11.6. The van der Waals surface area contributed by atoms with Crippen LogP contribution in [0.3, 0.4) is 0 Å². The van der Waals surface area contributed by atoms with E-state index in [0.717, 1.165) is 29.3 Å². The van der Waals surface area contributed by atoms with Gasteiger partial charge in [0.2, 0.25) is 0 Å². The molecule has 0 saturated heterocycles. The second-order valence-corrected chi connectivity index (χ2v) is 9.05. The van der Waals surface area contributed by atoms with Crippen molar-refractivity contribution in [3.63, 3.8) is 0 Å². The monoisotopic (exact) mass is 437 g/mol. The molecule has 0 aliphatic carbocycles. The number of unbranched alkanes of at least 4 members (excludes halogenated alkanes) is 12. The Bertz CT molecular complexity index is 871. The highest BCUT2D eigenvalue weighted by Crippen LogP contribution is 2.36. The Balaban J connectivity index is 1.23. The molecule has 32 heavy (non-hydrogen) atoms. The fraction of sp³-hybridized carbons (Fsp3) is 0.571. The Morgan fingerprint density at radius 1 is 0.781 bits per heavy atom. The first-order valence-corrected chi connectivity index (χ1v) is 12.7. The number of hydrogen-bond acceptors (Lipinski definition) is 3. The highest BCUT2D eigenvalue weighted by Gasteiger charge is 2.30. The average Bonchev–Trinajstić information content (AvgIpc) is 3.08. The van der Waals surface area contributed by atoms with Gasteiger partial charge in [-0.15, -0.1) is 0 Å². The SMILES string of the molecule is CCCCCCCCCCCCCCCC(=O)OCN1C(=O)c2cccc3cccc1c23. The van der Waals surface area contributed by atoms with Crippen molar-refractivity contribution < 1.29 is 14.3 Å². The summed E-state index contributed by atoms with van der Waals surface area (Å²) in [5.74, 6) is -0.311. The number of amides is 1. The smallest absolute Gasteiger partial charge is 0.307 e. The van der Waals surface area contributed by atoms with Crippen molar-refractivity contribution in [1.82, 2.24) is 0 Å². The predicted molar refractivity (Wildman–Crippen MR) is 132 cm³/mol. The van der Waals surface area contributed by atoms with Gasteiger partial charge in [-0.3, -0.25) is 14.5 Å². The molecule has 2 aromatic carbocycles. The van der Waals surface area contributed by atoms with Gasteiger partial charge in [-0.2, -0.15) is 0 Å². The third-order valence-corrected chi connectivity index (χ3v) is 6.49. The van der Waals surface area contributed by atoms with E-state index in [0.29, 0.717) is 12.0 Å². The summed E-state index contributed by atoms with van der Waals surface area (Å²) in [5, 5.41) is 1.99. The van der Waals surface area contributed by atoms with Crippen LogP contribution < -0.4 is 4.90 Å². The van der Waals surface area contributed by atoms with E-state index < -0.39 is 0 Å². The first kappa shape index (κ1) is 24.3. The molecular formula is C28H39NO3. The molecule has 0 spiro atoms. The van der Waals surface area contributed by atoms with E-state index >= 15 is 0 Å². The Morgan fingerprint density at radius 3 is 1.97 bits per heavy atom. The van der Waals surface area contributed by atoms with Crippen molar-refractivity contribution in [3.05, 3.63) is 42.0 Å². The fourth-order valence-electron chi connectivity index (χ4n) is 4.60. The molecule has 4 heteroatoms. The number of esters is 1. The Morgan fingerprint density at radius 2 is 1.34 bits per heavy atom. The average molecular weight is 438 g/mol. The van der Waals surface area contributed by atoms with Crippen molar-refractivity contribution in [2.75, 3.05) is 11.6 Å². The zero-order valence-corrected chi connectivity index (χ0v) is 19.7. The molecule has 1 heterocycles. The standard InChI is InChI=1S/C28H39NO3/c1-2-3-4-5-6-7-8-9-10-11-12-13-14-21-26(30)32-22-29-25-20-16-18-23-17-15-19-24(27(23)25)28(29)31/h15-20H,2-14,21-22H2,1H3. The maximum Gasteiger partial charge on any atom is 0.307 e. The fourth-order valence-corrected chi connectivity index (χ4v) is 4.60. The largest absolute Gasteiger partial charge is 0.444 e. The lowest BCUT2D eigenvalue weighted by Crippen LogP contribution is -2.30. The molecule has 3 rings (SSSR count). The van der Waals surface area contributed by atoms with Gasteiger partial charge in [0.05, 0.1) is 5.69 Å². The van der Waals surface area contributed by atoms with Crippen molar-refractivity contribution >= 4 is 28.3 Å². The Hall–Kier alpha value is -2.36. The van der Waals surface area contributed by atoms with Crippen molar-refractivity contribution in [2.24, 2.45) is 0 Å². The lowest BCUT2D eigenvalue weighted by molar-refractivity contribution is -0.143. The normalized spacial score (nSPS) is 12.7. The molecule has 0 atom stereocenters. The molecule has 1 aliphatic rings. The van der Waals surface area contributed by atoms with Gasteiger partial charge < -0.3 is 4.74 Å². The molecule has 0 saturated carbocycles. The summed E-state index contributed by atoms with van der Waals surface area (Å²) in [6.45, 7) is 2.25. The Labute approximate surface area is 193 Å². The Kier molecular flexibility index (Phi) is 10.1. The number of hydrogen-bond donors (Lipinski definition) is 0. The molecule has 174 valence electrons. The summed E-state index contributed by atoms with van der Waals surface area (Å²) in [6.07, 6.45) is 17.1. The highest BCUT2D eigenvalue weighted by molar-refractivity contribution is 6.24. The molecule has 0 fully saturated rings. The van der Waals surface area contributed by atoms with Gasteiger partial charge >= 0.3 is 5.97 Å². The van der Waals surface area contributed by atoms with E-state index in [9.17, 15) is 9.59 Å². The summed E-state index contributed by atoms with van der Waals surface area (Å²) in [5.41, 5.74) is 1.52. The van der Waals surface area contributed by atoms with E-state index in [1.807, 2.05) is 36.4 Å². The maximum absolute atomic E-state index is 12.7. The highest BCUT2D eigenvalue weighted by atomic mass is 16.5. The van der Waals surface area contributed by atoms with Crippen LogP contribution in [0.5, 0.6) is 0 Å². The molecule has 0 N–H and O–H groups in total. The van der Waals surface area contributed by atoms with Crippen LogP contribution in [0, 0.1) is 0 Å². The lowest BCUT2D eigenvalue weighted by atomic mass is 10.0. The van der Waals surface area contributed by atoms with Gasteiger partial charge in [-0.1, -0.05) is 108 Å². The third-order valence-electron chi connectivity index (χ3n) is 6.49. The van der Waals surface area contributed by atoms with Crippen LogP contribution in [0.25, 0.3) is 10.8 Å². The van der Waals surface area contributed by atoms with Gasteiger partial charge in [0.15, 0.2) is 6.73 Å². The van der Waals surface area contributed by atoms with Crippen LogP contribution in [0.15, 0.2) is 36.4 Å². The molecule has 1 amide bonds. The number of carbonyl (C=O) groups excluding carboxylic acids is 2. The third kappa shape index (κ3) is 6.82. The molecule has 0 unspecified atom stereocenters. The molecule has 0 radical (unpaired) electrons. The molecule has 0 bridgehead atoms. The molecular weight excluding hydrogens is 398 g/mol. The minimum atomic E-state index is -0.219. The van der Waals surface area contributed by atoms with Crippen molar-refractivity contribution in [3.8, 4) is 0 Å². The summed E-state index contributed by atoms with van der Waals surface area (Å²) in [7, 11) is 0. The molecule has 4 nitrogen and oxygen atoms in total. The first-order chi connectivity index (χ1) is 15.7. The number of rotatable bonds is 16. The van der Waals surface area contributed by atoms with Gasteiger partial charge in [0.25, 0.3) is 5.91 Å². The quantitative estimate of drug-likeness (QED) is 0.199. The molecule has 2 aromatic rings. The zero-order chi connectivity index (χ0) is 22.6. The van der Waals surface area contributed by atoms with Gasteiger partial charge in [-0.25, -0.2) is 0 Å². The van der Waals surface area contributed by atoms with Crippen LogP contribution in [0.2, 0.25) is 0 Å². The van der Waals surface area contributed by atoms with E-state index in [-0.39, 0.29) is 18.6 Å². The van der Waals surface area contributed by atoms with E-state index in [1.54, 1.807) is 4.90 Å². The maximum atomic E-state index is 12.7. The first-order valence-electron chi connectivity index (χ1n) is 12.7. The van der Waals surface area contributed by atoms with E-state index in [4.69, 9.17) is 4.74 Å². The second-order valence-electron chi connectivity index (χ2n) is 9.05. The van der Waals surface area contributed by atoms with Crippen LogP contribution in [-0.4, -0.2) is 18.6 Å². The topological polar surface area (TPSA) is 46.6 Å². The summed E-state index contributed by atoms with van der Waals surface area (Å²) >= 11 is 0. The minimum Gasteiger partial charge on any atom is -0.444 e. The van der Waals surface area contributed by atoms with Gasteiger partial charge in [-0.05, 0) is 23.9 Å². The van der Waals surface area contributed by atoms with E-state index in [1.165, 1.54) is 70.6 Å². The summed E-state index contributed by atoms with van der Waals surface area (Å²) in [4.78, 5) is 26.4. The number of nitrogens with zero attached hydrogens (tertiary/aromatic N) is 1.